The molecule has 0 aromatic heterocycles. The molecule has 106 valence electrons. The lowest BCUT2D eigenvalue weighted by Crippen LogP contribution is -2.39. The molecule has 1 aromatic rings. The van der Waals surface area contributed by atoms with E-state index in [1.165, 1.54) is 32.8 Å². The fourth-order valence-electron chi connectivity index (χ4n) is 2.36. The van der Waals surface area contributed by atoms with Crippen molar-refractivity contribution in [1.29, 1.82) is 0 Å². The van der Waals surface area contributed by atoms with Crippen LogP contribution in [0.3, 0.4) is 0 Å². The Labute approximate surface area is 113 Å². The van der Waals surface area contributed by atoms with Gasteiger partial charge in [0.2, 0.25) is 0 Å². The number of anilines is 1. The molecule has 0 amide bonds. The van der Waals surface area contributed by atoms with Crippen LogP contribution in [0.2, 0.25) is 0 Å². The van der Waals surface area contributed by atoms with E-state index >= 15 is 0 Å². The molecule has 0 spiro atoms. The molecule has 19 heavy (non-hydrogen) atoms. The van der Waals surface area contributed by atoms with Crippen molar-refractivity contribution in [1.82, 2.24) is 5.32 Å². The van der Waals surface area contributed by atoms with Gasteiger partial charge in [0.15, 0.2) is 0 Å². The van der Waals surface area contributed by atoms with Crippen LogP contribution in [-0.4, -0.2) is 19.1 Å². The summed E-state index contributed by atoms with van der Waals surface area (Å²) in [7, 11) is 0. The SMILES string of the molecule is CC(C)(F)c1ccc(NCC2CCCCN2)c(F)c1. The largest absolute Gasteiger partial charge is 0.381 e. The van der Waals surface area contributed by atoms with Crippen molar-refractivity contribution in [2.45, 2.75) is 44.8 Å². The Morgan fingerprint density at radius 3 is 2.74 bits per heavy atom. The number of hydrogen-bond donors (Lipinski definition) is 2. The summed E-state index contributed by atoms with van der Waals surface area (Å²) < 4.78 is 27.6. The molecule has 4 heteroatoms. The van der Waals surface area contributed by atoms with Gasteiger partial charge in [-0.1, -0.05) is 12.5 Å². The van der Waals surface area contributed by atoms with Gasteiger partial charge in [-0.15, -0.1) is 0 Å². The standard InChI is InChI=1S/C15H22F2N2/c1-15(2,17)11-6-7-14(13(16)9-11)19-10-12-5-3-4-8-18-12/h6-7,9,12,18-19H,3-5,8,10H2,1-2H3. The molecule has 1 unspecified atom stereocenters. The van der Waals surface area contributed by atoms with Gasteiger partial charge in [-0.05, 0) is 50.9 Å². The number of halogens is 2. The minimum Gasteiger partial charge on any atom is -0.381 e. The normalized spacial score (nSPS) is 20.3. The van der Waals surface area contributed by atoms with E-state index < -0.39 is 5.67 Å². The minimum atomic E-state index is -1.51. The number of benzene rings is 1. The Balaban J connectivity index is 1.97. The third-order valence-corrected chi connectivity index (χ3v) is 3.61. The summed E-state index contributed by atoms with van der Waals surface area (Å²) in [5.41, 5.74) is -0.698. The molecule has 0 saturated carbocycles. The van der Waals surface area contributed by atoms with Gasteiger partial charge in [-0.2, -0.15) is 0 Å². The fourth-order valence-corrected chi connectivity index (χ4v) is 2.36. The third kappa shape index (κ3) is 3.90. The molecule has 1 fully saturated rings. The van der Waals surface area contributed by atoms with Crippen molar-refractivity contribution in [2.75, 3.05) is 18.4 Å². The molecule has 2 nitrogen and oxygen atoms in total. The molecule has 0 aliphatic carbocycles. The van der Waals surface area contributed by atoms with Gasteiger partial charge in [0.1, 0.15) is 11.5 Å². The smallest absolute Gasteiger partial charge is 0.146 e. The topological polar surface area (TPSA) is 24.1 Å². The lowest BCUT2D eigenvalue weighted by Gasteiger charge is -2.24. The Morgan fingerprint density at radius 1 is 1.37 bits per heavy atom. The molecule has 0 bridgehead atoms. The van der Waals surface area contributed by atoms with Gasteiger partial charge in [-0.3, -0.25) is 0 Å². The van der Waals surface area contributed by atoms with Crippen LogP contribution in [-0.2, 0) is 5.67 Å². The van der Waals surface area contributed by atoms with Crippen LogP contribution < -0.4 is 10.6 Å². The second kappa shape index (κ2) is 5.87. The second-order valence-corrected chi connectivity index (χ2v) is 5.69. The minimum absolute atomic E-state index is 0.367. The first-order valence-electron chi connectivity index (χ1n) is 6.93. The molecule has 2 rings (SSSR count). The van der Waals surface area contributed by atoms with Crippen LogP contribution in [0, 0.1) is 5.82 Å². The van der Waals surface area contributed by atoms with E-state index in [1.54, 1.807) is 12.1 Å². The van der Waals surface area contributed by atoms with Gasteiger partial charge in [0, 0.05) is 12.6 Å². The highest BCUT2D eigenvalue weighted by molar-refractivity contribution is 5.47. The maximum Gasteiger partial charge on any atom is 0.146 e. The lowest BCUT2D eigenvalue weighted by molar-refractivity contribution is 0.221. The number of piperidine rings is 1. The first-order chi connectivity index (χ1) is 8.97. The van der Waals surface area contributed by atoms with E-state index in [-0.39, 0.29) is 5.82 Å². The van der Waals surface area contributed by atoms with Gasteiger partial charge in [-0.25, -0.2) is 8.78 Å². The molecule has 1 aromatic carbocycles. The molecule has 0 radical (unpaired) electrons. The predicted molar refractivity (Wildman–Crippen MR) is 74.7 cm³/mol. The van der Waals surface area contributed by atoms with Crippen LogP contribution in [0.1, 0.15) is 38.7 Å². The molecule has 1 atom stereocenters. The molecule has 1 aliphatic rings. The maximum absolute atomic E-state index is 13.9. The van der Waals surface area contributed by atoms with E-state index in [9.17, 15) is 8.78 Å². The van der Waals surface area contributed by atoms with Gasteiger partial charge in [0.05, 0.1) is 5.69 Å². The Bertz CT molecular complexity index is 421. The first kappa shape index (κ1) is 14.3. The van der Waals surface area contributed by atoms with Gasteiger partial charge >= 0.3 is 0 Å². The average molecular weight is 268 g/mol. The predicted octanol–water partition coefficient (Wildman–Crippen LogP) is 3.58. The number of hydrogen-bond acceptors (Lipinski definition) is 2. The van der Waals surface area contributed by atoms with Crippen molar-refractivity contribution in [3.63, 3.8) is 0 Å². The Kier molecular flexibility index (Phi) is 4.40. The monoisotopic (exact) mass is 268 g/mol. The average Bonchev–Trinajstić information content (AvgIpc) is 2.37. The molecule has 2 N–H and O–H groups in total. The quantitative estimate of drug-likeness (QED) is 0.872. The fraction of sp³-hybridized carbons (Fsp3) is 0.600. The zero-order valence-electron chi connectivity index (χ0n) is 11.6. The number of nitrogens with one attached hydrogen (secondary N) is 2. The van der Waals surface area contributed by atoms with Crippen molar-refractivity contribution >= 4 is 5.69 Å². The van der Waals surface area contributed by atoms with Crippen molar-refractivity contribution in [2.24, 2.45) is 0 Å². The van der Waals surface area contributed by atoms with E-state index in [0.29, 0.717) is 23.8 Å². The molecule has 1 heterocycles. The van der Waals surface area contributed by atoms with Crippen LogP contribution in [0.5, 0.6) is 0 Å². The van der Waals surface area contributed by atoms with E-state index in [0.717, 1.165) is 13.0 Å². The number of rotatable bonds is 4. The van der Waals surface area contributed by atoms with Crippen molar-refractivity contribution < 1.29 is 8.78 Å². The van der Waals surface area contributed by atoms with E-state index in [4.69, 9.17) is 0 Å². The summed E-state index contributed by atoms with van der Waals surface area (Å²) in [4.78, 5) is 0. The van der Waals surface area contributed by atoms with E-state index in [2.05, 4.69) is 10.6 Å². The van der Waals surface area contributed by atoms with Crippen LogP contribution >= 0.6 is 0 Å². The lowest BCUT2D eigenvalue weighted by atomic mass is 9.99. The molecule has 1 saturated heterocycles. The summed E-state index contributed by atoms with van der Waals surface area (Å²) in [6.45, 7) is 4.60. The van der Waals surface area contributed by atoms with Gasteiger partial charge in [0.25, 0.3) is 0 Å². The van der Waals surface area contributed by atoms with Gasteiger partial charge < -0.3 is 10.6 Å². The summed E-state index contributed by atoms with van der Waals surface area (Å²) in [6.07, 6.45) is 3.55. The Morgan fingerprint density at radius 2 is 2.16 bits per heavy atom. The molecular formula is C15H22F2N2. The van der Waals surface area contributed by atoms with E-state index in [1.807, 2.05) is 0 Å². The summed E-state index contributed by atoms with van der Waals surface area (Å²) in [5.74, 6) is -0.390. The highest BCUT2D eigenvalue weighted by Gasteiger charge is 2.20. The zero-order valence-corrected chi connectivity index (χ0v) is 11.6. The maximum atomic E-state index is 13.9. The summed E-state index contributed by atoms with van der Waals surface area (Å²) >= 11 is 0. The highest BCUT2D eigenvalue weighted by atomic mass is 19.1. The van der Waals surface area contributed by atoms with Crippen LogP contribution in [0.15, 0.2) is 18.2 Å². The van der Waals surface area contributed by atoms with Crippen molar-refractivity contribution in [3.8, 4) is 0 Å². The summed E-state index contributed by atoms with van der Waals surface area (Å²) in [5, 5.41) is 6.50. The molecule has 1 aliphatic heterocycles. The zero-order chi connectivity index (χ0) is 13.9. The first-order valence-corrected chi connectivity index (χ1v) is 6.93. The number of alkyl halides is 1. The third-order valence-electron chi connectivity index (χ3n) is 3.61. The van der Waals surface area contributed by atoms with Crippen LogP contribution in [0.25, 0.3) is 0 Å². The Hall–Kier alpha value is -1.16. The highest BCUT2D eigenvalue weighted by Crippen LogP contribution is 2.27. The summed E-state index contributed by atoms with van der Waals surface area (Å²) in [6, 6.07) is 4.93. The molecular weight excluding hydrogens is 246 g/mol. The van der Waals surface area contributed by atoms with Crippen LogP contribution in [0.4, 0.5) is 14.5 Å². The van der Waals surface area contributed by atoms with Crippen molar-refractivity contribution in [3.05, 3.63) is 29.6 Å². The second-order valence-electron chi connectivity index (χ2n) is 5.69.